The van der Waals surface area contributed by atoms with Gasteiger partial charge in [0, 0.05) is 23.8 Å². The molecule has 0 aliphatic carbocycles. The van der Waals surface area contributed by atoms with E-state index in [1.165, 1.54) is 30.6 Å². The van der Waals surface area contributed by atoms with Crippen LogP contribution in [-0.2, 0) is 44.6 Å². The standard InChI is InChI=1S/C31H39FN5O13PS/c1-18(2)48-26(40)19(3)35-51(44,50-20-9-7-6-8-10-20)17-46-15-21-24(39)31(4,32)28(49-21)36-13-11-22(38)37(30(36)43)16-47-27(41)23(34-29(42)45-5)25-33-12-14-52-25/h6-14,18-19,21,23-24,28,39H,15-17H2,1-5H3,(H,34,42)(H,35,44)/t19-,21+,23-,24+,28+,31+,51?/m0/s1. The molecule has 284 valence electrons. The average Bonchev–Trinajstić information content (AvgIpc) is 3.70. The van der Waals surface area contributed by atoms with Gasteiger partial charge in [0.1, 0.15) is 35.4 Å². The predicted molar refractivity (Wildman–Crippen MR) is 180 cm³/mol. The minimum atomic E-state index is -4.02. The molecule has 1 aliphatic heterocycles. The third-order valence-corrected chi connectivity index (χ3v) is 10.1. The van der Waals surface area contributed by atoms with E-state index in [0.29, 0.717) is 9.13 Å². The van der Waals surface area contributed by atoms with Gasteiger partial charge in [-0.2, -0.15) is 0 Å². The maximum atomic E-state index is 16.1. The Kier molecular flexibility index (Phi) is 13.5. The van der Waals surface area contributed by atoms with E-state index in [9.17, 15) is 33.6 Å². The second-order valence-corrected chi connectivity index (χ2v) is 14.8. The Morgan fingerprint density at radius 3 is 2.50 bits per heavy atom. The van der Waals surface area contributed by atoms with Gasteiger partial charge in [-0.1, -0.05) is 18.2 Å². The minimum absolute atomic E-state index is 0.130. The topological polar surface area (TPSA) is 225 Å². The van der Waals surface area contributed by atoms with Crippen LogP contribution in [0.3, 0.4) is 0 Å². The molecule has 3 N–H and O–H groups in total. The fraction of sp³-hybridized carbons (Fsp3) is 0.484. The Hall–Kier alpha value is -4.46. The summed E-state index contributed by atoms with van der Waals surface area (Å²) in [6.07, 6.45) is -4.89. The molecule has 0 radical (unpaired) electrons. The number of aromatic nitrogens is 3. The normalized spacial score (nSPS) is 22.2. The van der Waals surface area contributed by atoms with Crippen LogP contribution >= 0.6 is 18.9 Å². The number of carbonyl (C=O) groups is 3. The molecule has 2 aromatic heterocycles. The highest BCUT2D eigenvalue weighted by molar-refractivity contribution is 7.57. The Morgan fingerprint density at radius 1 is 1.15 bits per heavy atom. The van der Waals surface area contributed by atoms with Crippen LogP contribution in [0.2, 0.25) is 0 Å². The van der Waals surface area contributed by atoms with Crippen molar-refractivity contribution in [2.45, 2.75) is 76.7 Å². The zero-order valence-corrected chi connectivity index (χ0v) is 30.4. The van der Waals surface area contributed by atoms with Crippen molar-refractivity contribution in [2.24, 2.45) is 0 Å². The fourth-order valence-corrected chi connectivity index (χ4v) is 7.24. The lowest BCUT2D eigenvalue weighted by atomic mass is 9.98. The molecule has 52 heavy (non-hydrogen) atoms. The molecule has 3 aromatic rings. The quantitative estimate of drug-likeness (QED) is 0.108. The van der Waals surface area contributed by atoms with E-state index in [4.69, 9.17) is 23.5 Å². The molecule has 1 saturated heterocycles. The van der Waals surface area contributed by atoms with Crippen LogP contribution in [-0.4, -0.2) is 87.3 Å². The van der Waals surface area contributed by atoms with Crippen LogP contribution in [0, 0.1) is 0 Å². The molecule has 1 aliphatic rings. The molecule has 0 bridgehead atoms. The Labute approximate surface area is 300 Å². The van der Waals surface area contributed by atoms with Crippen molar-refractivity contribution in [3.05, 3.63) is 80.0 Å². The number of aliphatic hydroxyl groups excluding tert-OH is 1. The highest BCUT2D eigenvalue weighted by Crippen LogP contribution is 2.45. The summed E-state index contributed by atoms with van der Waals surface area (Å²) in [7, 11) is -2.94. The molecule has 4 rings (SSSR count). The second kappa shape index (κ2) is 17.4. The van der Waals surface area contributed by atoms with E-state index in [0.717, 1.165) is 37.6 Å². The number of methoxy groups -OCH3 is 1. The summed E-state index contributed by atoms with van der Waals surface area (Å²) in [4.78, 5) is 67.2. The number of thiazole rings is 1. The lowest BCUT2D eigenvalue weighted by Gasteiger charge is -2.25. The largest absolute Gasteiger partial charge is 0.462 e. The molecule has 0 spiro atoms. The number of nitrogens with zero attached hydrogens (tertiary/aromatic N) is 3. The molecule has 1 unspecified atom stereocenters. The number of alkyl carbamates (subject to hydrolysis) is 1. The first-order valence-electron chi connectivity index (χ1n) is 15.7. The van der Waals surface area contributed by atoms with Gasteiger partial charge in [-0.3, -0.25) is 18.7 Å². The number of alkyl halides is 1. The number of aliphatic hydroxyl groups is 1. The maximum Gasteiger partial charge on any atom is 0.407 e. The van der Waals surface area contributed by atoms with Gasteiger partial charge in [0.2, 0.25) is 0 Å². The lowest BCUT2D eigenvalue weighted by molar-refractivity contribution is -0.151. The summed E-state index contributed by atoms with van der Waals surface area (Å²) in [5, 5.41) is 17.4. The second-order valence-electron chi connectivity index (χ2n) is 11.8. The highest BCUT2D eigenvalue weighted by atomic mass is 32.1. The summed E-state index contributed by atoms with van der Waals surface area (Å²) >= 11 is 1.02. The number of rotatable bonds is 16. The van der Waals surface area contributed by atoms with Gasteiger partial charge >= 0.3 is 31.2 Å². The van der Waals surface area contributed by atoms with Crippen molar-refractivity contribution in [3.63, 3.8) is 0 Å². The number of hydrogen-bond donors (Lipinski definition) is 3. The highest BCUT2D eigenvalue weighted by Gasteiger charge is 2.55. The van der Waals surface area contributed by atoms with Crippen molar-refractivity contribution in [2.75, 3.05) is 20.1 Å². The molecule has 1 amide bonds. The number of benzene rings is 1. The summed E-state index contributed by atoms with van der Waals surface area (Å²) < 4.78 is 63.0. The van der Waals surface area contributed by atoms with Gasteiger partial charge in [0.05, 0.1) is 19.8 Å². The number of amides is 1. The van der Waals surface area contributed by atoms with Crippen LogP contribution in [0.15, 0.2) is 63.8 Å². The number of ether oxygens (including phenoxy) is 5. The summed E-state index contributed by atoms with van der Waals surface area (Å²) in [6.45, 7) is 4.19. The molecule has 3 heterocycles. The Bertz CT molecular complexity index is 1860. The van der Waals surface area contributed by atoms with Crippen molar-refractivity contribution >= 4 is 36.9 Å². The van der Waals surface area contributed by atoms with Crippen molar-refractivity contribution in [1.82, 2.24) is 24.5 Å². The lowest BCUT2D eigenvalue weighted by Crippen LogP contribution is -2.47. The third-order valence-electron chi connectivity index (χ3n) is 7.42. The van der Waals surface area contributed by atoms with Gasteiger partial charge in [-0.25, -0.2) is 33.4 Å². The molecule has 0 saturated carbocycles. The van der Waals surface area contributed by atoms with Gasteiger partial charge < -0.3 is 38.6 Å². The maximum absolute atomic E-state index is 16.1. The Balaban J connectivity index is 1.48. The number of esters is 2. The van der Waals surface area contributed by atoms with Crippen LogP contribution in [0.4, 0.5) is 9.18 Å². The third kappa shape index (κ3) is 9.90. The first kappa shape index (κ1) is 40.3. The minimum Gasteiger partial charge on any atom is -0.462 e. The number of halogens is 1. The van der Waals surface area contributed by atoms with Gasteiger partial charge in [-0.15, -0.1) is 11.3 Å². The molecule has 18 nitrogen and oxygen atoms in total. The van der Waals surface area contributed by atoms with E-state index >= 15 is 4.39 Å². The van der Waals surface area contributed by atoms with Crippen LogP contribution in [0.25, 0.3) is 0 Å². The van der Waals surface area contributed by atoms with Gasteiger partial charge in [-0.05, 0) is 39.8 Å². The van der Waals surface area contributed by atoms with E-state index in [2.05, 4.69) is 20.1 Å². The average molecular weight is 772 g/mol. The van der Waals surface area contributed by atoms with Gasteiger partial charge in [0.15, 0.2) is 24.7 Å². The summed E-state index contributed by atoms with van der Waals surface area (Å²) in [5.74, 6) is -1.59. The van der Waals surface area contributed by atoms with E-state index in [1.54, 1.807) is 32.0 Å². The summed E-state index contributed by atoms with van der Waals surface area (Å²) in [5.41, 5.74) is -4.73. The van der Waals surface area contributed by atoms with E-state index in [-0.39, 0.29) is 10.8 Å². The molecule has 1 aromatic carbocycles. The van der Waals surface area contributed by atoms with Crippen LogP contribution in [0.1, 0.15) is 45.0 Å². The predicted octanol–water partition coefficient (Wildman–Crippen LogP) is 2.23. The van der Waals surface area contributed by atoms with Gasteiger partial charge in [0.25, 0.3) is 5.56 Å². The van der Waals surface area contributed by atoms with Crippen molar-refractivity contribution in [3.8, 4) is 5.75 Å². The zero-order chi connectivity index (χ0) is 38.2. The number of para-hydroxylation sites is 1. The van der Waals surface area contributed by atoms with Crippen LogP contribution < -0.4 is 26.2 Å². The zero-order valence-electron chi connectivity index (χ0n) is 28.7. The number of nitrogens with one attached hydrogen (secondary N) is 2. The SMILES string of the molecule is COC(=O)N[C@H](C(=O)OCn1c(=O)ccn([C@@H]2O[C@H](COCP(=O)(N[C@@H](C)C(=O)OC(C)C)Oc3ccccc3)[C@@H](O)[C@@]2(C)F)c1=O)c1nccs1. The fourth-order valence-electron chi connectivity index (χ4n) is 4.88. The van der Waals surface area contributed by atoms with Crippen molar-refractivity contribution in [1.29, 1.82) is 0 Å². The van der Waals surface area contributed by atoms with Crippen LogP contribution in [0.5, 0.6) is 5.75 Å². The first-order chi connectivity index (χ1) is 24.6. The Morgan fingerprint density at radius 2 is 1.87 bits per heavy atom. The number of hydrogen-bond acceptors (Lipinski definition) is 15. The molecular weight excluding hydrogens is 732 g/mol. The summed E-state index contributed by atoms with van der Waals surface area (Å²) in [6, 6.07) is 6.43. The molecule has 1 fully saturated rings. The molecular formula is C31H39FN5O13PS. The first-order valence-corrected chi connectivity index (χ1v) is 18.4. The van der Waals surface area contributed by atoms with E-state index < -0.39 is 98.8 Å². The molecule has 7 atom stereocenters. The number of carbonyl (C=O) groups excluding carboxylic acids is 3. The molecule has 21 heteroatoms. The monoisotopic (exact) mass is 771 g/mol. The smallest absolute Gasteiger partial charge is 0.407 e. The van der Waals surface area contributed by atoms with E-state index in [1.807, 2.05) is 0 Å². The van der Waals surface area contributed by atoms with Crippen molar-refractivity contribution < 1.29 is 56.7 Å².